The fraction of sp³-hybridized carbons (Fsp3) is 0.211. The van der Waals surface area contributed by atoms with E-state index in [4.69, 9.17) is 4.74 Å². The maximum absolute atomic E-state index is 12.0. The first-order valence-electron chi connectivity index (χ1n) is 7.28. The molecule has 114 valence electrons. The molecule has 0 aliphatic heterocycles. The highest BCUT2D eigenvalue weighted by molar-refractivity contribution is 5.73. The van der Waals surface area contributed by atoms with E-state index in [1.165, 1.54) is 0 Å². The second-order valence-corrected chi connectivity index (χ2v) is 5.14. The van der Waals surface area contributed by atoms with Gasteiger partial charge in [0.15, 0.2) is 0 Å². The zero-order chi connectivity index (χ0) is 15.8. The first-order chi connectivity index (χ1) is 10.7. The quantitative estimate of drug-likeness (QED) is 0.831. The lowest BCUT2D eigenvalue weighted by molar-refractivity contribution is -0.152. The zero-order valence-corrected chi connectivity index (χ0v) is 12.6. The van der Waals surface area contributed by atoms with Crippen molar-refractivity contribution in [3.63, 3.8) is 0 Å². The molecular formula is C19H20O3. The van der Waals surface area contributed by atoms with Gasteiger partial charge in [0.25, 0.3) is 0 Å². The van der Waals surface area contributed by atoms with Gasteiger partial charge in [-0.05, 0) is 18.1 Å². The van der Waals surface area contributed by atoms with Crippen molar-refractivity contribution in [1.29, 1.82) is 0 Å². The summed E-state index contributed by atoms with van der Waals surface area (Å²) in [5.74, 6) is -1.02. The summed E-state index contributed by atoms with van der Waals surface area (Å²) in [6.07, 6.45) is 2.54. The summed E-state index contributed by atoms with van der Waals surface area (Å²) in [5.41, 5.74) is 1.91. The van der Waals surface area contributed by atoms with E-state index < -0.39 is 18.0 Å². The molecule has 22 heavy (non-hydrogen) atoms. The van der Waals surface area contributed by atoms with Crippen molar-refractivity contribution in [1.82, 2.24) is 0 Å². The number of carbonyl (C=O) groups excluding carboxylic acids is 1. The van der Waals surface area contributed by atoms with E-state index in [0.717, 1.165) is 11.1 Å². The number of ether oxygens (including phenoxy) is 1. The number of esters is 1. The van der Waals surface area contributed by atoms with Gasteiger partial charge in [-0.2, -0.15) is 0 Å². The van der Waals surface area contributed by atoms with Crippen molar-refractivity contribution in [3.05, 3.63) is 77.9 Å². The maximum atomic E-state index is 12.0. The summed E-state index contributed by atoms with van der Waals surface area (Å²) >= 11 is 0. The van der Waals surface area contributed by atoms with Gasteiger partial charge in [-0.25, -0.2) is 0 Å². The smallest absolute Gasteiger partial charge is 0.311 e. The SMILES string of the molecule is C[C@H](C(=O)OCc1ccccc1)[C@@H](O)/C=C/c1ccccc1. The number of hydrogen-bond donors (Lipinski definition) is 1. The summed E-state index contributed by atoms with van der Waals surface area (Å²) in [4.78, 5) is 12.0. The lowest BCUT2D eigenvalue weighted by atomic mass is 10.0. The fourth-order valence-electron chi connectivity index (χ4n) is 1.94. The molecule has 0 amide bonds. The van der Waals surface area contributed by atoms with E-state index in [9.17, 15) is 9.90 Å². The minimum absolute atomic E-state index is 0.221. The number of aliphatic hydroxyl groups is 1. The van der Waals surface area contributed by atoms with E-state index in [0.29, 0.717) is 0 Å². The predicted octanol–water partition coefficient (Wildman–Crippen LogP) is 3.44. The molecule has 2 rings (SSSR count). The van der Waals surface area contributed by atoms with E-state index in [1.54, 1.807) is 19.1 Å². The lowest BCUT2D eigenvalue weighted by Crippen LogP contribution is -2.25. The van der Waals surface area contributed by atoms with Crippen LogP contribution in [0.4, 0.5) is 0 Å². The molecule has 0 unspecified atom stereocenters. The van der Waals surface area contributed by atoms with Gasteiger partial charge in [0, 0.05) is 0 Å². The van der Waals surface area contributed by atoms with Crippen LogP contribution in [-0.2, 0) is 16.1 Å². The normalized spacial score (nSPS) is 13.7. The Labute approximate surface area is 130 Å². The van der Waals surface area contributed by atoms with Gasteiger partial charge in [-0.1, -0.05) is 72.8 Å². The Hall–Kier alpha value is -2.39. The van der Waals surface area contributed by atoms with Crippen LogP contribution in [0.1, 0.15) is 18.1 Å². The third-order valence-electron chi connectivity index (χ3n) is 3.39. The molecule has 3 nitrogen and oxygen atoms in total. The van der Waals surface area contributed by atoms with Crippen LogP contribution in [0.3, 0.4) is 0 Å². The summed E-state index contributed by atoms with van der Waals surface area (Å²) in [6, 6.07) is 19.1. The van der Waals surface area contributed by atoms with Gasteiger partial charge >= 0.3 is 5.97 Å². The van der Waals surface area contributed by atoms with Crippen molar-refractivity contribution in [2.45, 2.75) is 19.6 Å². The second-order valence-electron chi connectivity index (χ2n) is 5.14. The zero-order valence-electron chi connectivity index (χ0n) is 12.6. The highest BCUT2D eigenvalue weighted by Gasteiger charge is 2.21. The average molecular weight is 296 g/mol. The van der Waals surface area contributed by atoms with Gasteiger partial charge in [0.05, 0.1) is 12.0 Å². The highest BCUT2D eigenvalue weighted by Crippen LogP contribution is 2.11. The van der Waals surface area contributed by atoms with Crippen molar-refractivity contribution in [2.75, 3.05) is 0 Å². The molecule has 0 spiro atoms. The number of aliphatic hydroxyl groups excluding tert-OH is 1. The van der Waals surface area contributed by atoms with Gasteiger partial charge < -0.3 is 9.84 Å². The Bertz CT molecular complexity index is 605. The van der Waals surface area contributed by atoms with Gasteiger partial charge in [-0.3, -0.25) is 4.79 Å². The largest absolute Gasteiger partial charge is 0.461 e. The molecule has 0 aliphatic rings. The molecule has 2 aromatic carbocycles. The Morgan fingerprint density at radius 1 is 1.09 bits per heavy atom. The first-order valence-corrected chi connectivity index (χ1v) is 7.28. The van der Waals surface area contributed by atoms with Crippen LogP contribution >= 0.6 is 0 Å². The topological polar surface area (TPSA) is 46.5 Å². The Balaban J connectivity index is 1.85. The van der Waals surface area contributed by atoms with E-state index in [2.05, 4.69) is 0 Å². The first kappa shape index (κ1) is 16.0. The van der Waals surface area contributed by atoms with Crippen LogP contribution < -0.4 is 0 Å². The molecule has 0 saturated carbocycles. The van der Waals surface area contributed by atoms with Crippen LogP contribution in [0.5, 0.6) is 0 Å². The van der Waals surface area contributed by atoms with Crippen molar-refractivity contribution < 1.29 is 14.6 Å². The molecule has 0 fully saturated rings. The van der Waals surface area contributed by atoms with Crippen molar-refractivity contribution in [2.24, 2.45) is 5.92 Å². The Morgan fingerprint density at radius 3 is 2.32 bits per heavy atom. The number of benzene rings is 2. The minimum Gasteiger partial charge on any atom is -0.461 e. The molecule has 0 aromatic heterocycles. The van der Waals surface area contributed by atoms with Crippen LogP contribution in [0.2, 0.25) is 0 Å². The van der Waals surface area contributed by atoms with Gasteiger partial charge in [0.1, 0.15) is 6.61 Å². The molecule has 0 saturated heterocycles. The molecule has 0 bridgehead atoms. The van der Waals surface area contributed by atoms with Crippen LogP contribution in [0.25, 0.3) is 6.08 Å². The third-order valence-corrected chi connectivity index (χ3v) is 3.39. The summed E-state index contributed by atoms with van der Waals surface area (Å²) in [6.45, 7) is 1.88. The van der Waals surface area contributed by atoms with Gasteiger partial charge in [-0.15, -0.1) is 0 Å². The van der Waals surface area contributed by atoms with E-state index in [-0.39, 0.29) is 6.61 Å². The average Bonchev–Trinajstić information content (AvgIpc) is 2.58. The predicted molar refractivity (Wildman–Crippen MR) is 86.9 cm³/mol. The monoisotopic (exact) mass is 296 g/mol. The van der Waals surface area contributed by atoms with E-state index in [1.807, 2.05) is 60.7 Å². The van der Waals surface area contributed by atoms with Crippen molar-refractivity contribution in [3.8, 4) is 0 Å². The Morgan fingerprint density at radius 2 is 1.68 bits per heavy atom. The molecule has 0 heterocycles. The van der Waals surface area contributed by atoms with Crippen LogP contribution in [-0.4, -0.2) is 17.2 Å². The van der Waals surface area contributed by atoms with Crippen LogP contribution in [0, 0.1) is 5.92 Å². The standard InChI is InChI=1S/C19H20O3/c1-15(18(20)13-12-16-8-4-2-5-9-16)19(21)22-14-17-10-6-3-7-11-17/h2-13,15,18,20H,14H2,1H3/b13-12+/t15-,18-/m0/s1. The molecule has 1 N–H and O–H groups in total. The maximum Gasteiger partial charge on any atom is 0.311 e. The Kier molecular flexibility index (Phi) is 5.92. The molecule has 2 aromatic rings. The van der Waals surface area contributed by atoms with Crippen molar-refractivity contribution >= 4 is 12.0 Å². The summed E-state index contributed by atoms with van der Waals surface area (Å²) < 4.78 is 5.23. The number of hydrogen-bond acceptors (Lipinski definition) is 3. The summed E-state index contributed by atoms with van der Waals surface area (Å²) in [5, 5.41) is 10.1. The fourth-order valence-corrected chi connectivity index (χ4v) is 1.94. The lowest BCUT2D eigenvalue weighted by Gasteiger charge is -2.14. The molecule has 0 radical (unpaired) electrons. The second kappa shape index (κ2) is 8.15. The van der Waals surface area contributed by atoms with Crippen LogP contribution in [0.15, 0.2) is 66.7 Å². The summed E-state index contributed by atoms with van der Waals surface area (Å²) in [7, 11) is 0. The number of rotatable bonds is 6. The third kappa shape index (κ3) is 4.86. The number of carbonyl (C=O) groups is 1. The van der Waals surface area contributed by atoms with E-state index >= 15 is 0 Å². The highest BCUT2D eigenvalue weighted by atomic mass is 16.5. The molecule has 2 atom stereocenters. The minimum atomic E-state index is -0.872. The van der Waals surface area contributed by atoms with Gasteiger partial charge in [0.2, 0.25) is 0 Å². The molecule has 0 aliphatic carbocycles. The molecule has 3 heteroatoms. The molecular weight excluding hydrogens is 276 g/mol.